The van der Waals surface area contributed by atoms with E-state index in [1.165, 1.54) is 0 Å². The third-order valence-corrected chi connectivity index (χ3v) is 2.82. The molecule has 0 spiro atoms. The molecule has 0 heterocycles. The molecular formula is C16H16O4. The van der Waals surface area contributed by atoms with Crippen LogP contribution in [0.5, 0.6) is 17.2 Å². The number of hydrogen-bond acceptors (Lipinski definition) is 4. The number of carbonyl (C=O) groups is 1. The molecule has 0 aliphatic carbocycles. The quantitative estimate of drug-likeness (QED) is 0.758. The molecular weight excluding hydrogens is 256 g/mol. The van der Waals surface area contributed by atoms with Crippen LogP contribution in [0.2, 0.25) is 0 Å². The molecule has 0 saturated heterocycles. The SMILES string of the molecule is COc1ccc(C(=O)COc2cccc(OC)c2)cc1. The van der Waals surface area contributed by atoms with Gasteiger partial charge in [-0.1, -0.05) is 6.07 Å². The first kappa shape index (κ1) is 13.9. The Morgan fingerprint density at radius 1 is 0.900 bits per heavy atom. The van der Waals surface area contributed by atoms with Crippen molar-refractivity contribution in [2.24, 2.45) is 0 Å². The summed E-state index contributed by atoms with van der Waals surface area (Å²) in [4.78, 5) is 12.0. The molecule has 0 radical (unpaired) electrons. The molecule has 0 unspecified atom stereocenters. The highest BCUT2D eigenvalue weighted by atomic mass is 16.5. The van der Waals surface area contributed by atoms with E-state index in [1.54, 1.807) is 50.6 Å². The van der Waals surface area contributed by atoms with Gasteiger partial charge in [-0.15, -0.1) is 0 Å². The van der Waals surface area contributed by atoms with Gasteiger partial charge >= 0.3 is 0 Å². The highest BCUT2D eigenvalue weighted by Gasteiger charge is 2.07. The Hall–Kier alpha value is -2.49. The van der Waals surface area contributed by atoms with Crippen LogP contribution in [0.15, 0.2) is 48.5 Å². The summed E-state index contributed by atoms with van der Waals surface area (Å²) >= 11 is 0. The summed E-state index contributed by atoms with van der Waals surface area (Å²) in [5.41, 5.74) is 0.591. The van der Waals surface area contributed by atoms with Crippen LogP contribution in [0.25, 0.3) is 0 Å². The van der Waals surface area contributed by atoms with Crippen LogP contribution in [-0.2, 0) is 0 Å². The van der Waals surface area contributed by atoms with Crippen LogP contribution in [0, 0.1) is 0 Å². The molecule has 104 valence electrons. The van der Waals surface area contributed by atoms with Gasteiger partial charge in [0.15, 0.2) is 12.4 Å². The monoisotopic (exact) mass is 272 g/mol. The molecule has 0 atom stereocenters. The van der Waals surface area contributed by atoms with E-state index >= 15 is 0 Å². The topological polar surface area (TPSA) is 44.8 Å². The van der Waals surface area contributed by atoms with E-state index < -0.39 is 0 Å². The summed E-state index contributed by atoms with van der Waals surface area (Å²) in [6, 6.07) is 14.1. The van der Waals surface area contributed by atoms with Crippen molar-refractivity contribution in [3.63, 3.8) is 0 Å². The number of ether oxygens (including phenoxy) is 3. The Labute approximate surface area is 117 Å². The number of Topliss-reactive ketones (excluding diaryl/α,β-unsaturated/α-hetero) is 1. The fourth-order valence-corrected chi connectivity index (χ4v) is 1.70. The highest BCUT2D eigenvalue weighted by Crippen LogP contribution is 2.19. The van der Waals surface area contributed by atoms with Crippen LogP contribution in [0.1, 0.15) is 10.4 Å². The number of carbonyl (C=O) groups excluding carboxylic acids is 1. The third kappa shape index (κ3) is 3.51. The zero-order valence-electron chi connectivity index (χ0n) is 11.5. The Morgan fingerprint density at radius 3 is 2.20 bits per heavy atom. The van der Waals surface area contributed by atoms with Crippen molar-refractivity contribution in [2.75, 3.05) is 20.8 Å². The predicted octanol–water partition coefficient (Wildman–Crippen LogP) is 2.97. The zero-order chi connectivity index (χ0) is 14.4. The fourth-order valence-electron chi connectivity index (χ4n) is 1.70. The number of rotatable bonds is 6. The minimum absolute atomic E-state index is 0.0144. The summed E-state index contributed by atoms with van der Waals surface area (Å²) in [5.74, 6) is 1.93. The van der Waals surface area contributed by atoms with Crippen molar-refractivity contribution >= 4 is 5.78 Å². The van der Waals surface area contributed by atoms with Crippen LogP contribution in [0.4, 0.5) is 0 Å². The van der Waals surface area contributed by atoms with E-state index in [9.17, 15) is 4.79 Å². The first-order valence-corrected chi connectivity index (χ1v) is 6.17. The van der Waals surface area contributed by atoms with E-state index in [1.807, 2.05) is 12.1 Å². The van der Waals surface area contributed by atoms with E-state index in [2.05, 4.69) is 0 Å². The van der Waals surface area contributed by atoms with Crippen molar-refractivity contribution in [3.05, 3.63) is 54.1 Å². The lowest BCUT2D eigenvalue weighted by Gasteiger charge is -2.07. The van der Waals surface area contributed by atoms with Gasteiger partial charge in [-0.25, -0.2) is 0 Å². The zero-order valence-corrected chi connectivity index (χ0v) is 11.5. The Morgan fingerprint density at radius 2 is 1.55 bits per heavy atom. The highest BCUT2D eigenvalue weighted by molar-refractivity contribution is 5.97. The smallest absolute Gasteiger partial charge is 0.200 e. The van der Waals surface area contributed by atoms with Crippen molar-refractivity contribution in [1.82, 2.24) is 0 Å². The van der Waals surface area contributed by atoms with Crippen molar-refractivity contribution < 1.29 is 19.0 Å². The van der Waals surface area contributed by atoms with Crippen LogP contribution >= 0.6 is 0 Å². The summed E-state index contributed by atoms with van der Waals surface area (Å²) in [5, 5.41) is 0. The third-order valence-electron chi connectivity index (χ3n) is 2.82. The number of ketones is 1. The molecule has 0 bridgehead atoms. The maximum absolute atomic E-state index is 12.0. The molecule has 2 aromatic rings. The molecule has 4 heteroatoms. The van der Waals surface area contributed by atoms with E-state index in [0.29, 0.717) is 17.1 Å². The second-order valence-electron chi connectivity index (χ2n) is 4.12. The average Bonchev–Trinajstić information content (AvgIpc) is 2.53. The molecule has 0 aromatic heterocycles. The molecule has 0 aliphatic rings. The first-order valence-electron chi connectivity index (χ1n) is 6.17. The fraction of sp³-hybridized carbons (Fsp3) is 0.188. The van der Waals surface area contributed by atoms with Gasteiger partial charge in [0.1, 0.15) is 17.2 Å². The molecule has 0 N–H and O–H groups in total. The lowest BCUT2D eigenvalue weighted by atomic mass is 10.1. The second kappa shape index (κ2) is 6.61. The minimum Gasteiger partial charge on any atom is -0.497 e. The van der Waals surface area contributed by atoms with Gasteiger partial charge in [-0.2, -0.15) is 0 Å². The van der Waals surface area contributed by atoms with E-state index in [4.69, 9.17) is 14.2 Å². The lowest BCUT2D eigenvalue weighted by molar-refractivity contribution is 0.0921. The largest absolute Gasteiger partial charge is 0.497 e. The molecule has 0 fully saturated rings. The van der Waals surface area contributed by atoms with Gasteiger partial charge in [0.2, 0.25) is 0 Å². The molecule has 0 aliphatic heterocycles. The van der Waals surface area contributed by atoms with Gasteiger partial charge in [-0.3, -0.25) is 4.79 Å². The maximum Gasteiger partial charge on any atom is 0.200 e. The van der Waals surface area contributed by atoms with Crippen molar-refractivity contribution in [2.45, 2.75) is 0 Å². The van der Waals surface area contributed by atoms with Gasteiger partial charge in [0.05, 0.1) is 14.2 Å². The molecule has 4 nitrogen and oxygen atoms in total. The number of hydrogen-bond donors (Lipinski definition) is 0. The second-order valence-corrected chi connectivity index (χ2v) is 4.12. The summed E-state index contributed by atoms with van der Waals surface area (Å²) < 4.78 is 15.6. The standard InChI is InChI=1S/C16H16O4/c1-18-13-8-6-12(7-9-13)16(17)11-20-15-5-3-4-14(10-15)19-2/h3-10H,11H2,1-2H3. The Bertz CT molecular complexity index is 575. The molecule has 2 aromatic carbocycles. The Balaban J connectivity index is 1.97. The van der Waals surface area contributed by atoms with E-state index in [0.717, 1.165) is 5.75 Å². The summed E-state index contributed by atoms with van der Waals surface area (Å²) in [6.07, 6.45) is 0. The molecule has 2 rings (SSSR count). The molecule has 0 saturated carbocycles. The molecule has 0 amide bonds. The number of benzene rings is 2. The van der Waals surface area contributed by atoms with Crippen molar-refractivity contribution in [3.8, 4) is 17.2 Å². The first-order chi connectivity index (χ1) is 9.72. The van der Waals surface area contributed by atoms with Gasteiger partial charge in [0, 0.05) is 11.6 Å². The number of methoxy groups -OCH3 is 2. The van der Waals surface area contributed by atoms with Crippen LogP contribution in [-0.4, -0.2) is 26.6 Å². The normalized spacial score (nSPS) is 9.90. The van der Waals surface area contributed by atoms with Gasteiger partial charge in [-0.05, 0) is 36.4 Å². The Kier molecular flexibility index (Phi) is 4.60. The minimum atomic E-state index is -0.0875. The average molecular weight is 272 g/mol. The van der Waals surface area contributed by atoms with Crippen LogP contribution < -0.4 is 14.2 Å². The summed E-state index contributed by atoms with van der Waals surface area (Å²) in [7, 11) is 3.17. The van der Waals surface area contributed by atoms with Gasteiger partial charge in [0.25, 0.3) is 0 Å². The van der Waals surface area contributed by atoms with Crippen LogP contribution in [0.3, 0.4) is 0 Å². The van der Waals surface area contributed by atoms with Crippen molar-refractivity contribution in [1.29, 1.82) is 0 Å². The predicted molar refractivity (Wildman–Crippen MR) is 75.8 cm³/mol. The summed E-state index contributed by atoms with van der Waals surface area (Å²) in [6.45, 7) is -0.0144. The van der Waals surface area contributed by atoms with Gasteiger partial charge < -0.3 is 14.2 Å². The maximum atomic E-state index is 12.0. The lowest BCUT2D eigenvalue weighted by Crippen LogP contribution is -2.11. The molecule has 20 heavy (non-hydrogen) atoms. The van der Waals surface area contributed by atoms with E-state index in [-0.39, 0.29) is 12.4 Å².